The highest BCUT2D eigenvalue weighted by Gasteiger charge is 2.15. The van der Waals surface area contributed by atoms with Gasteiger partial charge in [-0.1, -0.05) is 0 Å². The van der Waals surface area contributed by atoms with Crippen LogP contribution in [-0.2, 0) is 9.53 Å². The Hall–Kier alpha value is -2.57. The molecule has 0 aromatic heterocycles. The average molecular weight is 284 g/mol. The molecule has 0 spiro atoms. The third-order valence-electron chi connectivity index (χ3n) is 3.30. The molecule has 1 aromatic carbocycles. The zero-order chi connectivity index (χ0) is 15.1. The van der Waals surface area contributed by atoms with Crippen molar-refractivity contribution in [1.29, 1.82) is 10.5 Å². The van der Waals surface area contributed by atoms with Crippen LogP contribution >= 0.6 is 0 Å². The number of nitrogens with one attached hydrogen (secondary N) is 2. The molecule has 1 saturated heterocycles. The monoisotopic (exact) mass is 284 g/mol. The van der Waals surface area contributed by atoms with Crippen molar-refractivity contribution >= 4 is 11.6 Å². The first-order valence-corrected chi connectivity index (χ1v) is 6.78. The van der Waals surface area contributed by atoms with Crippen molar-refractivity contribution in [1.82, 2.24) is 5.32 Å². The molecular formula is C15H16N4O2. The Balaban J connectivity index is 1.86. The molecule has 2 N–H and O–H groups in total. The Kier molecular flexibility index (Phi) is 5.14. The van der Waals surface area contributed by atoms with Crippen molar-refractivity contribution < 1.29 is 9.53 Å². The third kappa shape index (κ3) is 4.20. The van der Waals surface area contributed by atoms with Gasteiger partial charge < -0.3 is 15.4 Å². The van der Waals surface area contributed by atoms with Gasteiger partial charge in [0.15, 0.2) is 0 Å². The molecule has 6 heteroatoms. The number of carbonyl (C=O) groups excluding carboxylic acids is 1. The lowest BCUT2D eigenvalue weighted by Gasteiger charge is -2.23. The predicted molar refractivity (Wildman–Crippen MR) is 76.3 cm³/mol. The van der Waals surface area contributed by atoms with Crippen LogP contribution in [0, 0.1) is 22.7 Å². The molecule has 1 aliphatic rings. The van der Waals surface area contributed by atoms with E-state index in [1.165, 1.54) is 0 Å². The lowest BCUT2D eigenvalue weighted by Crippen LogP contribution is -2.41. The topological polar surface area (TPSA) is 97.9 Å². The number of hydrogen-bond acceptors (Lipinski definition) is 5. The van der Waals surface area contributed by atoms with Gasteiger partial charge in [-0.05, 0) is 31.0 Å². The predicted octanol–water partition coefficient (Wildman–Crippen LogP) is 1.14. The summed E-state index contributed by atoms with van der Waals surface area (Å²) in [6, 6.07) is 8.90. The van der Waals surface area contributed by atoms with E-state index in [-0.39, 0.29) is 18.5 Å². The maximum Gasteiger partial charge on any atom is 0.239 e. The summed E-state index contributed by atoms with van der Waals surface area (Å²) in [5, 5.41) is 23.7. The lowest BCUT2D eigenvalue weighted by molar-refractivity contribution is -0.120. The van der Waals surface area contributed by atoms with Crippen molar-refractivity contribution in [3.05, 3.63) is 29.3 Å². The zero-order valence-electron chi connectivity index (χ0n) is 11.6. The molecular weight excluding hydrogens is 268 g/mol. The Labute approximate surface area is 123 Å². The first kappa shape index (κ1) is 14.8. The van der Waals surface area contributed by atoms with Gasteiger partial charge in [-0.3, -0.25) is 4.79 Å². The summed E-state index contributed by atoms with van der Waals surface area (Å²) in [6.07, 6.45) is 1.67. The minimum Gasteiger partial charge on any atom is -0.381 e. The van der Waals surface area contributed by atoms with Crippen LogP contribution in [0.2, 0.25) is 0 Å². The third-order valence-corrected chi connectivity index (χ3v) is 3.30. The Morgan fingerprint density at radius 1 is 1.24 bits per heavy atom. The molecule has 1 fully saturated rings. The SMILES string of the molecule is N#Cc1ccc(NCC(=O)NC2CCOCC2)cc1C#N. The molecule has 1 aliphatic heterocycles. The number of hydrogen-bond donors (Lipinski definition) is 2. The van der Waals surface area contributed by atoms with Crippen LogP contribution in [0.5, 0.6) is 0 Å². The van der Waals surface area contributed by atoms with Gasteiger partial charge in [0.2, 0.25) is 5.91 Å². The first-order valence-electron chi connectivity index (χ1n) is 6.78. The van der Waals surface area contributed by atoms with Crippen LogP contribution in [0.1, 0.15) is 24.0 Å². The number of rotatable bonds is 4. The molecule has 1 amide bonds. The molecule has 0 aliphatic carbocycles. The van der Waals surface area contributed by atoms with E-state index in [2.05, 4.69) is 10.6 Å². The number of anilines is 1. The Morgan fingerprint density at radius 2 is 1.95 bits per heavy atom. The smallest absolute Gasteiger partial charge is 0.239 e. The van der Waals surface area contributed by atoms with Gasteiger partial charge in [0, 0.05) is 24.9 Å². The number of nitrogens with zero attached hydrogens (tertiary/aromatic N) is 2. The van der Waals surface area contributed by atoms with Gasteiger partial charge in [0.25, 0.3) is 0 Å². The maximum atomic E-state index is 11.8. The van der Waals surface area contributed by atoms with E-state index in [0.717, 1.165) is 12.8 Å². The minimum absolute atomic E-state index is 0.0928. The van der Waals surface area contributed by atoms with Gasteiger partial charge in [-0.15, -0.1) is 0 Å². The van der Waals surface area contributed by atoms with Crippen LogP contribution in [0.4, 0.5) is 5.69 Å². The summed E-state index contributed by atoms with van der Waals surface area (Å²) < 4.78 is 5.23. The van der Waals surface area contributed by atoms with Crippen LogP contribution in [0.15, 0.2) is 18.2 Å². The van der Waals surface area contributed by atoms with Crippen molar-refractivity contribution in [2.24, 2.45) is 0 Å². The van der Waals surface area contributed by atoms with Crippen molar-refractivity contribution in [2.75, 3.05) is 25.1 Å². The minimum atomic E-state index is -0.0928. The average Bonchev–Trinajstić information content (AvgIpc) is 2.53. The summed E-state index contributed by atoms with van der Waals surface area (Å²) in [6.45, 7) is 1.49. The van der Waals surface area contributed by atoms with Gasteiger partial charge in [0.05, 0.1) is 17.7 Å². The highest BCUT2D eigenvalue weighted by atomic mass is 16.5. The second kappa shape index (κ2) is 7.28. The molecule has 6 nitrogen and oxygen atoms in total. The molecule has 2 rings (SSSR count). The first-order chi connectivity index (χ1) is 10.2. The number of nitriles is 2. The van der Waals surface area contributed by atoms with E-state index >= 15 is 0 Å². The number of carbonyl (C=O) groups is 1. The molecule has 21 heavy (non-hydrogen) atoms. The van der Waals surface area contributed by atoms with Crippen LogP contribution in [-0.4, -0.2) is 31.7 Å². The molecule has 0 unspecified atom stereocenters. The van der Waals surface area contributed by atoms with Crippen molar-refractivity contribution in [3.8, 4) is 12.1 Å². The van der Waals surface area contributed by atoms with E-state index in [1.54, 1.807) is 18.2 Å². The van der Waals surface area contributed by atoms with E-state index in [1.807, 2.05) is 12.1 Å². The number of benzene rings is 1. The van der Waals surface area contributed by atoms with Gasteiger partial charge in [0.1, 0.15) is 12.1 Å². The van der Waals surface area contributed by atoms with Gasteiger partial charge >= 0.3 is 0 Å². The van der Waals surface area contributed by atoms with E-state index in [0.29, 0.717) is 30.0 Å². The summed E-state index contributed by atoms with van der Waals surface area (Å²) >= 11 is 0. The van der Waals surface area contributed by atoms with E-state index < -0.39 is 0 Å². The van der Waals surface area contributed by atoms with Crippen LogP contribution < -0.4 is 10.6 Å². The summed E-state index contributed by atoms with van der Waals surface area (Å²) in [7, 11) is 0. The second-order valence-electron chi connectivity index (χ2n) is 4.79. The summed E-state index contributed by atoms with van der Waals surface area (Å²) in [5.74, 6) is -0.0928. The van der Waals surface area contributed by atoms with E-state index in [9.17, 15) is 4.79 Å². The number of amides is 1. The van der Waals surface area contributed by atoms with Crippen molar-refractivity contribution in [2.45, 2.75) is 18.9 Å². The summed E-state index contributed by atoms with van der Waals surface area (Å²) in [5.41, 5.74) is 1.27. The van der Waals surface area contributed by atoms with Gasteiger partial charge in [-0.2, -0.15) is 10.5 Å². The van der Waals surface area contributed by atoms with E-state index in [4.69, 9.17) is 15.3 Å². The molecule has 1 heterocycles. The molecule has 0 saturated carbocycles. The Bertz CT molecular complexity index is 595. The molecule has 1 aromatic rings. The van der Waals surface area contributed by atoms with Crippen LogP contribution in [0.25, 0.3) is 0 Å². The van der Waals surface area contributed by atoms with Crippen LogP contribution in [0.3, 0.4) is 0 Å². The molecule has 0 atom stereocenters. The molecule has 0 bridgehead atoms. The summed E-state index contributed by atoms with van der Waals surface area (Å²) in [4.78, 5) is 11.8. The highest BCUT2D eigenvalue weighted by molar-refractivity contribution is 5.81. The fourth-order valence-corrected chi connectivity index (χ4v) is 2.15. The zero-order valence-corrected chi connectivity index (χ0v) is 11.6. The molecule has 0 radical (unpaired) electrons. The molecule has 108 valence electrons. The second-order valence-corrected chi connectivity index (χ2v) is 4.79. The lowest BCUT2D eigenvalue weighted by atomic mass is 10.1. The van der Waals surface area contributed by atoms with Gasteiger partial charge in [-0.25, -0.2) is 0 Å². The largest absolute Gasteiger partial charge is 0.381 e. The fraction of sp³-hybridized carbons (Fsp3) is 0.400. The Morgan fingerprint density at radius 3 is 2.62 bits per heavy atom. The number of ether oxygens (including phenoxy) is 1. The quantitative estimate of drug-likeness (QED) is 0.864. The highest BCUT2D eigenvalue weighted by Crippen LogP contribution is 2.14. The standard InChI is InChI=1S/C15H16N4O2/c16-8-11-1-2-14(7-12(11)9-17)18-10-15(20)19-13-3-5-21-6-4-13/h1-2,7,13,18H,3-6,10H2,(H,19,20). The maximum absolute atomic E-state index is 11.8. The fourth-order valence-electron chi connectivity index (χ4n) is 2.15. The van der Waals surface area contributed by atoms with Crippen molar-refractivity contribution in [3.63, 3.8) is 0 Å². The normalized spacial score (nSPS) is 14.8.